The Hall–Kier alpha value is -4.82. The number of pyridine rings is 1. The van der Waals surface area contributed by atoms with Crippen molar-refractivity contribution < 1.29 is 19.0 Å². The third kappa shape index (κ3) is 10.8. The number of para-hydroxylation sites is 1. The number of aryl methyl sites for hydroxylation is 3. The number of benzene rings is 4. The normalized spacial score (nSPS) is 13.1. The quantitative estimate of drug-likeness (QED) is 0.112. The van der Waals surface area contributed by atoms with Crippen LogP contribution in [-0.4, -0.2) is 53.5 Å². The molecule has 7 nitrogen and oxygen atoms in total. The van der Waals surface area contributed by atoms with Gasteiger partial charge in [0.2, 0.25) is 11.8 Å². The van der Waals surface area contributed by atoms with Gasteiger partial charge in [-0.3, -0.25) is 9.69 Å². The van der Waals surface area contributed by atoms with Crippen LogP contribution in [0, 0.1) is 20.8 Å². The largest absolute Gasteiger partial charge is 0.493 e. The number of carbonyl (C=O) groups is 1. The summed E-state index contributed by atoms with van der Waals surface area (Å²) < 4.78 is 17.8. The molecule has 0 atom stereocenters. The fourth-order valence-electron chi connectivity index (χ4n) is 5.92. The lowest BCUT2D eigenvalue weighted by Gasteiger charge is -2.34. The van der Waals surface area contributed by atoms with E-state index in [4.69, 9.17) is 25.8 Å². The summed E-state index contributed by atoms with van der Waals surface area (Å²) in [5, 5.41) is 0.445. The minimum Gasteiger partial charge on any atom is -0.493 e. The molecule has 6 rings (SSSR count). The first-order valence-electron chi connectivity index (χ1n) is 17.4. The number of rotatable bonds is 13. The second-order valence-electron chi connectivity index (χ2n) is 13.0. The molecule has 0 unspecified atom stereocenters. The minimum atomic E-state index is -0.00472. The van der Waals surface area contributed by atoms with Gasteiger partial charge in [-0.2, -0.15) is 0 Å². The first-order valence-corrected chi connectivity index (χ1v) is 17.7. The second kappa shape index (κ2) is 18.6. The van der Waals surface area contributed by atoms with E-state index in [1.165, 1.54) is 16.7 Å². The molecule has 0 N–H and O–H groups in total. The van der Waals surface area contributed by atoms with Crippen molar-refractivity contribution in [1.29, 1.82) is 0 Å². The second-order valence-corrected chi connectivity index (χ2v) is 13.4. The van der Waals surface area contributed by atoms with E-state index in [2.05, 4.69) is 78.3 Å². The highest BCUT2D eigenvalue weighted by molar-refractivity contribution is 6.32. The maximum atomic E-state index is 13.0. The number of amides is 1. The van der Waals surface area contributed by atoms with Crippen LogP contribution in [0.5, 0.6) is 23.1 Å². The predicted octanol–water partition coefficient (Wildman–Crippen LogP) is 9.43. The van der Waals surface area contributed by atoms with E-state index in [9.17, 15) is 4.79 Å². The Kier molecular flexibility index (Phi) is 13.7. The number of halogens is 2. The van der Waals surface area contributed by atoms with Gasteiger partial charge in [-0.25, -0.2) is 4.98 Å². The van der Waals surface area contributed by atoms with E-state index in [1.807, 2.05) is 48.2 Å². The van der Waals surface area contributed by atoms with Crippen molar-refractivity contribution >= 4 is 36.0 Å². The van der Waals surface area contributed by atoms with Crippen molar-refractivity contribution in [3.63, 3.8) is 0 Å². The number of piperazine rings is 1. The molecule has 0 spiro atoms. The average Bonchev–Trinajstić information content (AvgIpc) is 3.14. The molecule has 0 radical (unpaired) electrons. The molecule has 9 heteroatoms. The Morgan fingerprint density at radius 2 is 1.52 bits per heavy atom. The smallest absolute Gasteiger partial charge is 0.246 e. The molecule has 5 aromatic rings. The number of hydrogen-bond acceptors (Lipinski definition) is 6. The van der Waals surface area contributed by atoms with E-state index >= 15 is 0 Å². The van der Waals surface area contributed by atoms with Crippen molar-refractivity contribution in [2.24, 2.45) is 0 Å². The van der Waals surface area contributed by atoms with Crippen molar-refractivity contribution in [3.8, 4) is 23.1 Å². The van der Waals surface area contributed by atoms with Crippen LogP contribution in [0.1, 0.15) is 38.9 Å². The van der Waals surface area contributed by atoms with Gasteiger partial charge in [0.25, 0.3) is 0 Å². The molecule has 1 aliphatic rings. The molecule has 0 aliphatic carbocycles. The Balaban J connectivity index is 0.00000523. The monoisotopic (exact) mass is 737 g/mol. The maximum absolute atomic E-state index is 13.0. The highest BCUT2D eigenvalue weighted by Gasteiger charge is 2.20. The number of nitrogens with zero attached hydrogens (tertiary/aromatic N) is 3. The summed E-state index contributed by atoms with van der Waals surface area (Å²) in [6.45, 7) is 11.1. The zero-order chi connectivity index (χ0) is 35.6. The summed E-state index contributed by atoms with van der Waals surface area (Å²) in [6, 6.07) is 32.4. The third-order valence-corrected chi connectivity index (χ3v) is 9.25. The highest BCUT2D eigenvalue weighted by Crippen LogP contribution is 2.34. The van der Waals surface area contributed by atoms with Crippen molar-refractivity contribution in [1.82, 2.24) is 14.8 Å². The van der Waals surface area contributed by atoms with Crippen LogP contribution < -0.4 is 14.2 Å². The van der Waals surface area contributed by atoms with Crippen LogP contribution in [0.3, 0.4) is 0 Å². The molecule has 1 saturated heterocycles. The Labute approximate surface area is 318 Å². The molecule has 2 heterocycles. The molecule has 270 valence electrons. The lowest BCUT2D eigenvalue weighted by molar-refractivity contribution is -0.127. The summed E-state index contributed by atoms with van der Waals surface area (Å²) >= 11 is 6.63. The van der Waals surface area contributed by atoms with Crippen LogP contribution >= 0.6 is 24.0 Å². The molecule has 4 aromatic carbocycles. The van der Waals surface area contributed by atoms with Gasteiger partial charge in [0.15, 0.2) is 5.75 Å². The summed E-state index contributed by atoms with van der Waals surface area (Å²) in [7, 11) is 0. The van der Waals surface area contributed by atoms with Crippen LogP contribution in [0.4, 0.5) is 0 Å². The third-order valence-electron chi connectivity index (χ3n) is 8.97. The summed E-state index contributed by atoms with van der Waals surface area (Å²) in [4.78, 5) is 21.7. The standard InChI is InChI=1S/C43H44ClN3O4.ClH/c1-31-8-10-36(11-9-31)30-50-38-17-18-41(45-28-38)51-43-33(3)26-37(27-39(43)44)16-19-42(48)47-23-21-46(22-24-47)29-35-14-12-34(13-15-35)20-25-49-40-7-5-4-6-32(40)2;/h4-19,26-28H,20-25,29-30H2,1-3H3;1H. The van der Waals surface area contributed by atoms with Crippen LogP contribution in [-0.2, 0) is 24.4 Å². The van der Waals surface area contributed by atoms with Gasteiger partial charge in [-0.05, 0) is 84.5 Å². The van der Waals surface area contributed by atoms with Gasteiger partial charge >= 0.3 is 0 Å². The topological polar surface area (TPSA) is 64.1 Å². The molecule has 1 fully saturated rings. The maximum Gasteiger partial charge on any atom is 0.246 e. The lowest BCUT2D eigenvalue weighted by atomic mass is 10.1. The summed E-state index contributed by atoms with van der Waals surface area (Å²) in [5.41, 5.74) is 7.66. The highest BCUT2D eigenvalue weighted by atomic mass is 35.5. The van der Waals surface area contributed by atoms with E-state index in [0.29, 0.717) is 48.7 Å². The number of ether oxygens (including phenoxy) is 3. The molecule has 1 amide bonds. The van der Waals surface area contributed by atoms with Crippen molar-refractivity contribution in [2.75, 3.05) is 32.8 Å². The van der Waals surface area contributed by atoms with Crippen LogP contribution in [0.15, 0.2) is 109 Å². The van der Waals surface area contributed by atoms with Crippen molar-refractivity contribution in [3.05, 3.63) is 153 Å². The molecular weight excluding hydrogens is 693 g/mol. The molecule has 1 aliphatic heterocycles. The Bertz CT molecular complexity index is 1920. The van der Waals surface area contributed by atoms with E-state index in [0.717, 1.165) is 54.1 Å². The molecule has 52 heavy (non-hydrogen) atoms. The Morgan fingerprint density at radius 3 is 2.21 bits per heavy atom. The summed E-state index contributed by atoms with van der Waals surface area (Å²) in [5.74, 6) is 2.53. The average molecular weight is 739 g/mol. The molecular formula is C43H45Cl2N3O4. The minimum absolute atomic E-state index is 0. The first kappa shape index (κ1) is 38.4. The van der Waals surface area contributed by atoms with Crippen molar-refractivity contribution in [2.45, 2.75) is 40.3 Å². The van der Waals surface area contributed by atoms with Gasteiger partial charge in [0.05, 0.1) is 17.8 Å². The molecule has 0 bridgehead atoms. The van der Waals surface area contributed by atoms with Gasteiger partial charge in [-0.15, -0.1) is 12.4 Å². The first-order chi connectivity index (χ1) is 24.8. The van der Waals surface area contributed by atoms with E-state index in [-0.39, 0.29) is 18.3 Å². The lowest BCUT2D eigenvalue weighted by Crippen LogP contribution is -2.47. The fraction of sp³-hybridized carbons (Fsp3) is 0.256. The molecule has 0 saturated carbocycles. The Morgan fingerprint density at radius 1 is 0.808 bits per heavy atom. The van der Waals surface area contributed by atoms with Crippen LogP contribution in [0.25, 0.3) is 6.08 Å². The van der Waals surface area contributed by atoms with E-state index in [1.54, 1.807) is 24.4 Å². The van der Waals surface area contributed by atoms with Gasteiger partial charge in [0.1, 0.15) is 18.1 Å². The van der Waals surface area contributed by atoms with Gasteiger partial charge in [0, 0.05) is 51.3 Å². The summed E-state index contributed by atoms with van der Waals surface area (Å²) in [6.07, 6.45) is 5.94. The number of carbonyl (C=O) groups excluding carboxylic acids is 1. The zero-order valence-corrected chi connectivity index (χ0v) is 31.5. The molecule has 1 aromatic heterocycles. The van der Waals surface area contributed by atoms with E-state index < -0.39 is 0 Å². The predicted molar refractivity (Wildman–Crippen MR) is 211 cm³/mol. The fourth-order valence-corrected chi connectivity index (χ4v) is 6.23. The zero-order valence-electron chi connectivity index (χ0n) is 29.9. The SMILES string of the molecule is Cc1ccc(COc2ccc(Oc3c(C)cc(C=CC(=O)N4CCN(Cc5ccc(CCOc6ccccc6C)cc5)CC4)cc3Cl)nc2)cc1.Cl. The number of hydrogen-bond donors (Lipinski definition) is 0. The van der Waals surface area contributed by atoms with Crippen LogP contribution in [0.2, 0.25) is 5.02 Å². The number of aromatic nitrogens is 1. The van der Waals surface area contributed by atoms with Gasteiger partial charge < -0.3 is 19.1 Å². The van der Waals surface area contributed by atoms with Gasteiger partial charge in [-0.1, -0.05) is 83.9 Å².